The second-order valence-corrected chi connectivity index (χ2v) is 23.8. The second-order valence-electron chi connectivity index (χ2n) is 23.8. The summed E-state index contributed by atoms with van der Waals surface area (Å²) in [6, 6.07) is 19.0. The van der Waals surface area contributed by atoms with Crippen molar-refractivity contribution >= 4 is 34.7 Å². The number of carboxylic acids is 1. The molecule has 3 amide bonds. The summed E-state index contributed by atoms with van der Waals surface area (Å²) >= 11 is 0. The minimum absolute atomic E-state index is 0.0617. The van der Waals surface area contributed by atoms with E-state index in [0.29, 0.717) is 74.0 Å². The molecule has 0 bridgehead atoms. The van der Waals surface area contributed by atoms with Gasteiger partial charge in [0.05, 0.1) is 75.9 Å². The molecule has 2 aromatic carbocycles. The van der Waals surface area contributed by atoms with E-state index >= 15 is 0 Å². The number of primary amides is 2. The number of hydrogen-bond donors (Lipinski definition) is 7. The number of nitrogens with zero attached hydrogens (tertiary/aromatic N) is 4. The van der Waals surface area contributed by atoms with Gasteiger partial charge >= 0.3 is 5.97 Å². The number of carbonyl (C=O) groups excluding carboxylic acids is 3. The van der Waals surface area contributed by atoms with Crippen molar-refractivity contribution in [2.24, 2.45) is 28.0 Å². The van der Waals surface area contributed by atoms with Crippen LogP contribution in [0.4, 0.5) is 0 Å². The predicted octanol–water partition coefficient (Wildman–Crippen LogP) is 7.07. The van der Waals surface area contributed by atoms with Crippen LogP contribution in [0.15, 0.2) is 85.5 Å². The van der Waals surface area contributed by atoms with E-state index in [9.17, 15) is 29.4 Å². The number of nitrogens with one attached hydrogen (secondary N) is 1. The third-order valence-corrected chi connectivity index (χ3v) is 15.6. The third kappa shape index (κ3) is 12.5. The van der Waals surface area contributed by atoms with Crippen molar-refractivity contribution in [3.63, 3.8) is 0 Å². The quantitative estimate of drug-likeness (QED) is 0.0481. The number of aromatic nitrogens is 4. The molecule has 0 aliphatic heterocycles. The van der Waals surface area contributed by atoms with Gasteiger partial charge in [-0.3, -0.25) is 14.4 Å². The summed E-state index contributed by atoms with van der Waals surface area (Å²) in [4.78, 5) is 47.3. The molecular formula is C58H70N8O11. The Labute approximate surface area is 446 Å². The predicted molar refractivity (Wildman–Crippen MR) is 285 cm³/mol. The Kier molecular flexibility index (Phi) is 14.2. The molecule has 6 saturated carbocycles. The van der Waals surface area contributed by atoms with Crippen molar-refractivity contribution in [2.45, 2.75) is 152 Å². The zero-order chi connectivity index (χ0) is 54.6. The fourth-order valence-electron chi connectivity index (χ4n) is 11.4. The van der Waals surface area contributed by atoms with Gasteiger partial charge in [-0.1, -0.05) is 12.1 Å². The molecule has 19 nitrogen and oxygen atoms in total. The first-order valence-electron chi connectivity index (χ1n) is 26.6. The number of hydrogen-bond acceptors (Lipinski definition) is 13. The molecule has 6 fully saturated rings. The number of aliphatic hydroxyl groups is 2. The summed E-state index contributed by atoms with van der Waals surface area (Å²) in [5, 5.41) is 39.7. The van der Waals surface area contributed by atoms with Crippen LogP contribution in [0.5, 0.6) is 23.0 Å². The second kappa shape index (κ2) is 20.6. The van der Waals surface area contributed by atoms with Crippen molar-refractivity contribution in [3.8, 4) is 23.0 Å². The molecule has 0 unspecified atom stereocenters. The van der Waals surface area contributed by atoms with E-state index in [2.05, 4.69) is 15.5 Å². The van der Waals surface area contributed by atoms with Gasteiger partial charge in [-0.25, -0.2) is 13.8 Å². The van der Waals surface area contributed by atoms with Crippen LogP contribution in [-0.4, -0.2) is 107 Å². The van der Waals surface area contributed by atoms with E-state index in [1.165, 1.54) is 47.5 Å². The van der Waals surface area contributed by atoms with E-state index in [4.69, 9.17) is 41.3 Å². The van der Waals surface area contributed by atoms with Crippen molar-refractivity contribution in [3.05, 3.63) is 119 Å². The highest BCUT2D eigenvalue weighted by Crippen LogP contribution is 2.58. The van der Waals surface area contributed by atoms with Crippen LogP contribution in [0.2, 0.25) is 0 Å². The number of fused-ring (bicyclic) bond motifs is 2. The van der Waals surface area contributed by atoms with Crippen LogP contribution < -0.4 is 41.5 Å². The monoisotopic (exact) mass is 1050 g/mol. The smallest absolute Gasteiger partial charge is 0.339 e. The molecule has 77 heavy (non-hydrogen) atoms. The Hall–Kier alpha value is -7.22. The first-order valence-corrected chi connectivity index (χ1v) is 26.6. The number of rotatable bonds is 17. The first kappa shape index (κ1) is 53.2. The fourth-order valence-corrected chi connectivity index (χ4v) is 11.4. The molecule has 0 saturated heterocycles. The van der Waals surface area contributed by atoms with Crippen LogP contribution in [0.3, 0.4) is 0 Å². The minimum Gasteiger partial charge on any atom is -0.490 e. The molecule has 2 spiro atoms. The summed E-state index contributed by atoms with van der Waals surface area (Å²) in [7, 11) is 0. The highest BCUT2D eigenvalue weighted by Gasteiger charge is 2.55. The molecule has 6 aliphatic rings. The Morgan fingerprint density at radius 1 is 0.623 bits per heavy atom. The molecule has 0 radical (unpaired) electrons. The number of carboxylic acid groups (broad SMARTS) is 1. The molecule has 4 aromatic heterocycles. The lowest BCUT2D eigenvalue weighted by molar-refractivity contribution is -0.0835. The van der Waals surface area contributed by atoms with E-state index in [-0.39, 0.29) is 48.3 Å². The van der Waals surface area contributed by atoms with E-state index < -0.39 is 29.0 Å². The molecule has 19 heteroatoms. The van der Waals surface area contributed by atoms with Gasteiger partial charge in [-0.15, -0.1) is 0 Å². The molecule has 6 aromatic rings. The summed E-state index contributed by atoms with van der Waals surface area (Å²) in [6.07, 6.45) is 19.3. The van der Waals surface area contributed by atoms with Crippen LogP contribution in [0.1, 0.15) is 169 Å². The van der Waals surface area contributed by atoms with Crippen molar-refractivity contribution < 1.29 is 53.4 Å². The Morgan fingerprint density at radius 3 is 1.45 bits per heavy atom. The lowest BCUT2D eigenvalue weighted by atomic mass is 9.53. The normalized spacial score (nSPS) is 24.1. The lowest BCUT2D eigenvalue weighted by Gasteiger charge is -2.57. The van der Waals surface area contributed by atoms with Crippen molar-refractivity contribution in [1.29, 1.82) is 0 Å². The maximum Gasteiger partial charge on any atom is 0.339 e. The van der Waals surface area contributed by atoms with Gasteiger partial charge in [0.15, 0.2) is 0 Å². The van der Waals surface area contributed by atoms with Crippen LogP contribution >= 0.6 is 0 Å². The number of pyridine rings is 2. The highest BCUT2D eigenvalue weighted by molar-refractivity contribution is 6.01. The Bertz CT molecular complexity index is 3190. The van der Waals surface area contributed by atoms with Gasteiger partial charge in [0.2, 0.25) is 0 Å². The van der Waals surface area contributed by atoms with Gasteiger partial charge in [-0.2, -0.15) is 10.2 Å². The number of ether oxygens (including phenoxy) is 4. The minimum atomic E-state index is -1.02. The van der Waals surface area contributed by atoms with Gasteiger partial charge in [-0.05, 0) is 187 Å². The van der Waals surface area contributed by atoms with E-state index in [0.717, 1.165) is 51.4 Å². The maximum atomic E-state index is 13.0. The number of amides is 3. The molecule has 10 N–H and O–H groups in total. The summed E-state index contributed by atoms with van der Waals surface area (Å²) in [5.41, 5.74) is 21.0. The molecule has 0 atom stereocenters. The maximum absolute atomic E-state index is 13.0. The topological polar surface area (TPSA) is 291 Å². The average Bonchev–Trinajstić information content (AvgIpc) is 4.27. The first-order chi connectivity index (χ1) is 36.5. The lowest BCUT2D eigenvalue weighted by Crippen LogP contribution is -2.58. The fraction of sp³-hybridized carbons (Fsp3) is 0.483. The Morgan fingerprint density at radius 2 is 1.05 bits per heavy atom. The zero-order valence-electron chi connectivity index (χ0n) is 44.1. The number of aromatic carboxylic acids is 1. The van der Waals surface area contributed by atoms with Crippen LogP contribution in [0, 0.1) is 10.8 Å². The summed E-state index contributed by atoms with van der Waals surface area (Å²) < 4.78 is 26.4. The molecule has 12 rings (SSSR count). The molecular weight excluding hydrogens is 985 g/mol. The zero-order valence-corrected chi connectivity index (χ0v) is 44.1. The number of benzene rings is 2. The van der Waals surface area contributed by atoms with Gasteiger partial charge in [0.25, 0.3) is 17.7 Å². The van der Waals surface area contributed by atoms with Gasteiger partial charge in [0, 0.05) is 12.1 Å². The van der Waals surface area contributed by atoms with Crippen molar-refractivity contribution in [1.82, 2.24) is 24.5 Å². The van der Waals surface area contributed by atoms with Crippen LogP contribution in [0.25, 0.3) is 11.0 Å². The third-order valence-electron chi connectivity index (χ3n) is 15.6. The number of carbonyl (C=O) groups is 4. The highest BCUT2D eigenvalue weighted by atomic mass is 16.5. The average molecular weight is 1060 g/mol. The van der Waals surface area contributed by atoms with E-state index in [1.807, 2.05) is 30.3 Å². The van der Waals surface area contributed by atoms with Gasteiger partial charge in [0.1, 0.15) is 41.8 Å². The summed E-state index contributed by atoms with van der Waals surface area (Å²) in [6.45, 7) is 6.94. The molecule has 4 heterocycles. The number of nitrogens with two attached hydrogens (primary N) is 3. The van der Waals surface area contributed by atoms with Crippen LogP contribution in [-0.2, 0) is 0 Å². The SMILES string of the molecule is CC(C)(O)COc1ccc2c(C(=O)NC3CC4(C3)CC(Oc3cc(C5CC5)ccc3C(N)=O)C4)cnn2c1.CC(C)(O)COc1ccc2c(C(=O)O)cnn2c1.NC(=O)c1ccc(C2CC2)cc1OC1CC2(CC(N)C2)C1. The largest absolute Gasteiger partial charge is 0.490 e. The van der Waals surface area contributed by atoms with Gasteiger partial charge < -0.3 is 56.8 Å². The summed E-state index contributed by atoms with van der Waals surface area (Å²) in [5.74, 6) is 1.56. The molecule has 6 aliphatic carbocycles. The Balaban J connectivity index is 0.000000145. The standard InChI is InChI=1S/C29H34N4O5.C17H22N2O2.C12H14N2O4/c1-28(2,36)16-37-20-6-8-24-23(14-31-33(24)15-20)27(35)32-19-10-29(11-19)12-21(13-29)38-25-9-18(17-3-4-17)5-7-22(25)26(30)34;18-12-6-17(7-12)8-13(9-17)21-15-5-11(10-1-2-10)3-4-14(15)16(19)20;1-12(2,17)7-18-8-3-4-10-9(11(15)16)5-13-14(10)6-8/h5-9,14-15,17,19,21,36H,3-4,10-13,16H2,1-2H3,(H2,30,34)(H,32,35);3-5,10,12-13H,1-2,6-9,18H2,(H2,19,20);3-6,17H,7H2,1-2H3,(H,15,16). The van der Waals surface area contributed by atoms with Crippen molar-refractivity contribution in [2.75, 3.05) is 13.2 Å². The molecule has 408 valence electrons. The van der Waals surface area contributed by atoms with E-state index in [1.54, 1.807) is 81.1 Å².